The first-order chi connectivity index (χ1) is 11.7. The number of aromatic nitrogens is 3. The molecule has 0 saturated heterocycles. The van der Waals surface area contributed by atoms with E-state index in [1.807, 2.05) is 6.92 Å². The van der Waals surface area contributed by atoms with Crippen LogP contribution in [0.2, 0.25) is 0 Å². The Bertz CT molecular complexity index is 757. The van der Waals surface area contributed by atoms with E-state index < -0.39 is 0 Å². The maximum atomic E-state index is 13.7. The van der Waals surface area contributed by atoms with E-state index in [0.717, 1.165) is 17.0 Å². The molecule has 1 aliphatic rings. The summed E-state index contributed by atoms with van der Waals surface area (Å²) in [7, 11) is 0. The van der Waals surface area contributed by atoms with Crippen molar-refractivity contribution in [1.29, 1.82) is 0 Å². The minimum absolute atomic E-state index is 0.138. The average molecular weight is 349 g/mol. The smallest absolute Gasteiger partial charge is 0.302 e. The highest BCUT2D eigenvalue weighted by Gasteiger charge is 2.33. The van der Waals surface area contributed by atoms with Crippen LogP contribution in [0.1, 0.15) is 44.6 Å². The molecule has 7 nitrogen and oxygen atoms in total. The van der Waals surface area contributed by atoms with E-state index in [4.69, 9.17) is 0 Å². The molecule has 8 heteroatoms. The molecule has 0 spiro atoms. The Kier molecular flexibility index (Phi) is 5.73. The Morgan fingerprint density at radius 2 is 2.12 bits per heavy atom. The number of hydrogen-bond acceptors (Lipinski definition) is 6. The summed E-state index contributed by atoms with van der Waals surface area (Å²) in [5, 5.41) is 13.6. The van der Waals surface area contributed by atoms with E-state index in [1.165, 1.54) is 13.0 Å². The SMILES string of the molecule is CCOC(C)=O.Cc1ccc(F)c(Nc2n[nH]c3c2CNC3(C)C)n1. The summed E-state index contributed by atoms with van der Waals surface area (Å²) < 4.78 is 18.1. The summed E-state index contributed by atoms with van der Waals surface area (Å²) in [6, 6.07) is 3.04. The fourth-order valence-corrected chi connectivity index (χ4v) is 2.50. The molecule has 136 valence electrons. The van der Waals surface area contributed by atoms with Gasteiger partial charge < -0.3 is 15.4 Å². The molecular formula is C17H24FN5O2. The van der Waals surface area contributed by atoms with Crippen LogP contribution in [-0.4, -0.2) is 27.8 Å². The lowest BCUT2D eigenvalue weighted by Crippen LogP contribution is -2.29. The van der Waals surface area contributed by atoms with Crippen LogP contribution in [-0.2, 0) is 21.6 Å². The highest BCUT2D eigenvalue weighted by Crippen LogP contribution is 2.33. The van der Waals surface area contributed by atoms with Gasteiger partial charge in [-0.25, -0.2) is 9.37 Å². The number of hydrogen-bond donors (Lipinski definition) is 3. The van der Waals surface area contributed by atoms with Gasteiger partial charge in [0, 0.05) is 24.7 Å². The summed E-state index contributed by atoms with van der Waals surface area (Å²) in [4.78, 5) is 14.0. The molecule has 3 rings (SSSR count). The topological polar surface area (TPSA) is 91.9 Å². The molecule has 25 heavy (non-hydrogen) atoms. The van der Waals surface area contributed by atoms with Crippen molar-refractivity contribution in [2.75, 3.05) is 11.9 Å². The van der Waals surface area contributed by atoms with Crippen molar-refractivity contribution >= 4 is 17.6 Å². The predicted molar refractivity (Wildman–Crippen MR) is 93.0 cm³/mol. The van der Waals surface area contributed by atoms with E-state index in [1.54, 1.807) is 13.0 Å². The second-order valence-electron chi connectivity index (χ2n) is 6.24. The number of halogens is 1. The first-order valence-electron chi connectivity index (χ1n) is 8.11. The Labute approximate surface area is 146 Å². The van der Waals surface area contributed by atoms with Gasteiger partial charge in [-0.1, -0.05) is 0 Å². The number of anilines is 2. The van der Waals surface area contributed by atoms with Crippen molar-refractivity contribution in [3.63, 3.8) is 0 Å². The van der Waals surface area contributed by atoms with E-state index in [0.29, 0.717) is 19.0 Å². The van der Waals surface area contributed by atoms with Crippen LogP contribution in [0.3, 0.4) is 0 Å². The van der Waals surface area contributed by atoms with Crippen LogP contribution < -0.4 is 10.6 Å². The van der Waals surface area contributed by atoms with Gasteiger partial charge in [0.15, 0.2) is 17.5 Å². The third-order valence-corrected chi connectivity index (χ3v) is 3.77. The average Bonchev–Trinajstić information content (AvgIpc) is 3.06. The van der Waals surface area contributed by atoms with Crippen LogP contribution in [0, 0.1) is 12.7 Å². The van der Waals surface area contributed by atoms with Crippen LogP contribution >= 0.6 is 0 Å². The second-order valence-corrected chi connectivity index (χ2v) is 6.24. The molecule has 0 aromatic carbocycles. The molecule has 0 bridgehead atoms. The molecule has 0 saturated carbocycles. The van der Waals surface area contributed by atoms with Gasteiger partial charge in [0.1, 0.15) is 0 Å². The highest BCUT2D eigenvalue weighted by atomic mass is 19.1. The van der Waals surface area contributed by atoms with Gasteiger partial charge in [-0.15, -0.1) is 0 Å². The highest BCUT2D eigenvalue weighted by molar-refractivity contribution is 5.65. The van der Waals surface area contributed by atoms with Crippen LogP contribution in [0.15, 0.2) is 12.1 Å². The maximum absolute atomic E-state index is 13.7. The Hall–Kier alpha value is -2.48. The molecule has 0 amide bonds. The zero-order valence-corrected chi connectivity index (χ0v) is 15.2. The second kappa shape index (κ2) is 7.60. The fraction of sp³-hybridized carbons (Fsp3) is 0.471. The summed E-state index contributed by atoms with van der Waals surface area (Å²) in [5.74, 6) is 0.245. The first kappa shape index (κ1) is 18.9. The van der Waals surface area contributed by atoms with Gasteiger partial charge in [-0.2, -0.15) is 5.10 Å². The van der Waals surface area contributed by atoms with E-state index in [9.17, 15) is 9.18 Å². The quantitative estimate of drug-likeness (QED) is 0.738. The number of nitrogens with one attached hydrogen (secondary N) is 3. The first-order valence-corrected chi connectivity index (χ1v) is 8.11. The van der Waals surface area contributed by atoms with Gasteiger partial charge in [0.2, 0.25) is 0 Å². The number of esters is 1. The molecule has 0 aliphatic carbocycles. The van der Waals surface area contributed by atoms with E-state index in [-0.39, 0.29) is 23.1 Å². The molecule has 3 N–H and O–H groups in total. The maximum Gasteiger partial charge on any atom is 0.302 e. The summed E-state index contributed by atoms with van der Waals surface area (Å²) in [5.41, 5.74) is 2.69. The number of aromatic amines is 1. The predicted octanol–water partition coefficient (Wildman–Crippen LogP) is 2.90. The third kappa shape index (κ3) is 4.54. The molecule has 0 fully saturated rings. The van der Waals surface area contributed by atoms with Gasteiger partial charge in [0.25, 0.3) is 0 Å². The number of carbonyl (C=O) groups excluding carboxylic acids is 1. The number of fused-ring (bicyclic) bond motifs is 1. The van der Waals surface area contributed by atoms with Gasteiger partial charge in [-0.05, 0) is 39.8 Å². The summed E-state index contributed by atoms with van der Waals surface area (Å²) in [6.45, 7) is 10.3. The molecule has 0 unspecified atom stereocenters. The number of carbonyl (C=O) groups is 1. The van der Waals surface area contributed by atoms with Crippen LogP contribution in [0.5, 0.6) is 0 Å². The van der Waals surface area contributed by atoms with Gasteiger partial charge in [0.05, 0.1) is 17.8 Å². The number of ether oxygens (including phenoxy) is 1. The molecule has 0 radical (unpaired) electrons. The van der Waals surface area contributed by atoms with Gasteiger partial charge >= 0.3 is 5.97 Å². The van der Waals surface area contributed by atoms with E-state index >= 15 is 0 Å². The van der Waals surface area contributed by atoms with Crippen molar-refractivity contribution in [3.05, 3.63) is 34.9 Å². The monoisotopic (exact) mass is 349 g/mol. The molecule has 2 aromatic rings. The molecule has 2 aromatic heterocycles. The molecular weight excluding hydrogens is 325 g/mol. The number of rotatable bonds is 3. The Morgan fingerprint density at radius 3 is 2.72 bits per heavy atom. The lowest BCUT2D eigenvalue weighted by molar-refractivity contribution is -0.140. The van der Waals surface area contributed by atoms with Crippen molar-refractivity contribution in [1.82, 2.24) is 20.5 Å². The number of aryl methyl sites for hydroxylation is 1. The van der Waals surface area contributed by atoms with Gasteiger partial charge in [-0.3, -0.25) is 9.89 Å². The van der Waals surface area contributed by atoms with Crippen molar-refractivity contribution in [2.24, 2.45) is 0 Å². The summed E-state index contributed by atoms with van der Waals surface area (Å²) >= 11 is 0. The molecule has 3 heterocycles. The van der Waals surface area contributed by atoms with Crippen molar-refractivity contribution in [3.8, 4) is 0 Å². The lowest BCUT2D eigenvalue weighted by atomic mass is 10.0. The minimum atomic E-state index is -0.382. The standard InChI is InChI=1S/C13H16FN5.C4H8O2/c1-7-4-5-9(14)12(16-7)17-11-8-6-15-13(2,3)10(8)18-19-11;1-3-6-4(2)5/h4-5,15H,6H2,1-3H3,(H2,16,17,18,19);3H2,1-2H3. The third-order valence-electron chi connectivity index (χ3n) is 3.77. The normalized spacial score (nSPS) is 14.3. The lowest BCUT2D eigenvalue weighted by Gasteiger charge is -2.16. The minimum Gasteiger partial charge on any atom is -0.466 e. The Balaban J connectivity index is 0.000000326. The Morgan fingerprint density at radius 1 is 1.40 bits per heavy atom. The number of nitrogens with zero attached hydrogens (tertiary/aromatic N) is 2. The van der Waals surface area contributed by atoms with Crippen molar-refractivity contribution < 1.29 is 13.9 Å². The number of pyridine rings is 1. The zero-order valence-electron chi connectivity index (χ0n) is 15.2. The van der Waals surface area contributed by atoms with Crippen LogP contribution in [0.4, 0.5) is 16.0 Å². The molecule has 1 aliphatic heterocycles. The van der Waals surface area contributed by atoms with E-state index in [2.05, 4.69) is 44.4 Å². The van der Waals surface area contributed by atoms with Crippen molar-refractivity contribution in [2.45, 2.75) is 46.7 Å². The van der Waals surface area contributed by atoms with Crippen LogP contribution in [0.25, 0.3) is 0 Å². The summed E-state index contributed by atoms with van der Waals surface area (Å²) in [6.07, 6.45) is 0. The number of H-pyrrole nitrogens is 1. The largest absolute Gasteiger partial charge is 0.466 e. The fourth-order valence-electron chi connectivity index (χ4n) is 2.50. The zero-order chi connectivity index (χ0) is 18.6. The molecule has 0 atom stereocenters.